The maximum atomic E-state index is 14.7. The molecule has 9 heteroatoms. The predicted molar refractivity (Wildman–Crippen MR) is 131 cm³/mol. The maximum Gasteiger partial charge on any atom is 0.426 e. The van der Waals surface area contributed by atoms with E-state index < -0.39 is 57.6 Å². The van der Waals surface area contributed by atoms with Gasteiger partial charge in [-0.25, -0.2) is 22.0 Å². The highest BCUT2D eigenvalue weighted by Gasteiger charge is 2.35. The predicted octanol–water partition coefficient (Wildman–Crippen LogP) is 8.14. The Hall–Kier alpha value is -4.71. The molecular weight excluding hydrogens is 525 g/mol. The number of hydrogen-bond acceptors (Lipinski definition) is 2. The molecule has 0 fully saturated rings. The molecule has 0 spiro atoms. The van der Waals surface area contributed by atoms with Gasteiger partial charge in [-0.1, -0.05) is 24.5 Å². The first-order chi connectivity index (χ1) is 18.6. The van der Waals surface area contributed by atoms with Crippen LogP contribution >= 0.6 is 0 Å². The largest absolute Gasteiger partial charge is 0.490 e. The molecule has 4 aromatic rings. The van der Waals surface area contributed by atoms with Gasteiger partial charge in [0.1, 0.15) is 29.7 Å². The van der Waals surface area contributed by atoms with Gasteiger partial charge in [0.2, 0.25) is 0 Å². The van der Waals surface area contributed by atoms with Crippen LogP contribution in [0.4, 0.5) is 30.7 Å². The van der Waals surface area contributed by atoms with Crippen LogP contribution in [-0.2, 0) is 6.11 Å². The average molecular weight is 542 g/mol. The Kier molecular flexibility index (Phi) is 7.96. The molecule has 0 atom stereocenters. The van der Waals surface area contributed by atoms with E-state index in [4.69, 9.17) is 4.74 Å². The van der Waals surface area contributed by atoms with Gasteiger partial charge in [-0.15, -0.1) is 0 Å². The van der Waals surface area contributed by atoms with Crippen molar-refractivity contribution in [2.24, 2.45) is 0 Å². The Balaban J connectivity index is 1.49. The van der Waals surface area contributed by atoms with Crippen molar-refractivity contribution in [2.45, 2.75) is 6.11 Å². The molecule has 0 radical (unpaired) electrons. The minimum absolute atomic E-state index is 0.360. The summed E-state index contributed by atoms with van der Waals surface area (Å²) in [6.45, 7) is 3.92. The van der Waals surface area contributed by atoms with E-state index in [1.54, 1.807) is 30.3 Å². The van der Waals surface area contributed by atoms with E-state index in [0.29, 0.717) is 47.7 Å². The van der Waals surface area contributed by atoms with Crippen LogP contribution in [-0.4, -0.2) is 6.61 Å². The van der Waals surface area contributed by atoms with Gasteiger partial charge in [-0.3, -0.25) is 0 Å². The van der Waals surface area contributed by atoms with Crippen LogP contribution in [0.15, 0.2) is 85.5 Å². The maximum absolute atomic E-state index is 14.7. The van der Waals surface area contributed by atoms with Crippen LogP contribution in [0.3, 0.4) is 0 Å². The lowest BCUT2D eigenvalue weighted by molar-refractivity contribution is -0.185. The summed E-state index contributed by atoms with van der Waals surface area (Å²) < 4.78 is 109. The highest BCUT2D eigenvalue weighted by Crippen LogP contribution is 2.36. The quantitative estimate of drug-likeness (QED) is 0.102. The molecule has 0 saturated heterocycles. The minimum Gasteiger partial charge on any atom is -0.490 e. The molecule has 0 amide bonds. The van der Waals surface area contributed by atoms with Crippen molar-refractivity contribution < 1.29 is 40.2 Å². The van der Waals surface area contributed by atoms with Gasteiger partial charge in [-0.05, 0) is 66.2 Å². The Bertz CT molecular complexity index is 1520. The van der Waals surface area contributed by atoms with Crippen LogP contribution in [0.1, 0.15) is 16.7 Å². The first-order valence-corrected chi connectivity index (χ1v) is 11.2. The summed E-state index contributed by atoms with van der Waals surface area (Å²) in [6, 6.07) is 13.3. The van der Waals surface area contributed by atoms with Crippen LogP contribution in [0.2, 0.25) is 0 Å². The summed E-state index contributed by atoms with van der Waals surface area (Å²) in [5.74, 6) is -2.58. The molecule has 0 saturated carbocycles. The molecule has 0 heterocycles. The first-order valence-electron chi connectivity index (χ1n) is 11.2. The number of rotatable bonds is 7. The molecule has 39 heavy (non-hydrogen) atoms. The van der Waals surface area contributed by atoms with Gasteiger partial charge in [0.15, 0.2) is 17.5 Å². The molecule has 0 bridgehead atoms. The summed E-state index contributed by atoms with van der Waals surface area (Å²) in [5.41, 5.74) is -1.14. The Morgan fingerprint density at radius 3 is 1.72 bits per heavy atom. The summed E-state index contributed by atoms with van der Waals surface area (Å²) in [6.07, 6.45) is -2.39. The third-order valence-corrected chi connectivity index (χ3v) is 5.33. The zero-order valence-corrected chi connectivity index (χ0v) is 19.9. The zero-order valence-electron chi connectivity index (χ0n) is 19.9. The molecule has 2 nitrogen and oxygen atoms in total. The van der Waals surface area contributed by atoms with Gasteiger partial charge in [0, 0.05) is 23.3 Å². The van der Waals surface area contributed by atoms with E-state index in [0.717, 1.165) is 12.1 Å². The van der Waals surface area contributed by atoms with Gasteiger partial charge in [-0.2, -0.15) is 8.78 Å². The fourth-order valence-corrected chi connectivity index (χ4v) is 3.47. The van der Waals surface area contributed by atoms with Crippen molar-refractivity contribution in [1.29, 1.82) is 0 Å². The first kappa shape index (κ1) is 27.3. The monoisotopic (exact) mass is 542 g/mol. The van der Waals surface area contributed by atoms with Crippen LogP contribution in [0.25, 0.3) is 11.1 Å². The molecule has 0 aliphatic carbocycles. The Morgan fingerprint density at radius 2 is 1.21 bits per heavy atom. The summed E-state index contributed by atoms with van der Waals surface area (Å²) in [4.78, 5) is 0. The van der Waals surface area contributed by atoms with Crippen molar-refractivity contribution in [3.05, 3.63) is 131 Å². The zero-order chi connectivity index (χ0) is 28.2. The van der Waals surface area contributed by atoms with Crippen LogP contribution in [0, 0.1) is 40.9 Å². The van der Waals surface area contributed by atoms with Crippen molar-refractivity contribution in [1.82, 2.24) is 0 Å². The second-order valence-electron chi connectivity index (χ2n) is 8.09. The number of alkyl halides is 2. The second kappa shape index (κ2) is 11.4. The van der Waals surface area contributed by atoms with Crippen LogP contribution in [0.5, 0.6) is 11.5 Å². The highest BCUT2D eigenvalue weighted by molar-refractivity contribution is 5.66. The van der Waals surface area contributed by atoms with Crippen molar-refractivity contribution in [3.8, 4) is 34.5 Å². The lowest BCUT2D eigenvalue weighted by Gasteiger charge is -2.19. The van der Waals surface area contributed by atoms with Gasteiger partial charge < -0.3 is 9.47 Å². The van der Waals surface area contributed by atoms with Crippen LogP contribution < -0.4 is 9.47 Å². The van der Waals surface area contributed by atoms with Gasteiger partial charge >= 0.3 is 6.11 Å². The lowest BCUT2D eigenvalue weighted by atomic mass is 10.0. The highest BCUT2D eigenvalue weighted by atomic mass is 19.3. The molecule has 0 aliphatic rings. The van der Waals surface area contributed by atoms with E-state index in [9.17, 15) is 30.7 Å². The fourth-order valence-electron chi connectivity index (χ4n) is 3.47. The average Bonchev–Trinajstić information content (AvgIpc) is 2.89. The Morgan fingerprint density at radius 1 is 0.692 bits per heavy atom. The molecule has 0 N–H and O–H groups in total. The van der Waals surface area contributed by atoms with Crippen molar-refractivity contribution in [2.75, 3.05) is 6.61 Å². The van der Waals surface area contributed by atoms with E-state index >= 15 is 0 Å². The summed E-state index contributed by atoms with van der Waals surface area (Å²) in [7, 11) is 0. The molecule has 0 unspecified atom stereocenters. The van der Waals surface area contributed by atoms with Crippen molar-refractivity contribution in [3.63, 3.8) is 0 Å². The number of halogens is 7. The van der Waals surface area contributed by atoms with Gasteiger partial charge in [0.05, 0.1) is 11.1 Å². The SMILES string of the molecule is C=CCOc1ccc(C#Cc2ccc(C(F)(F)Oc3cc(F)c(-c4cc(F)c(F)c(F)c4)c(F)c3)cc2)cc1. The van der Waals surface area contributed by atoms with E-state index in [-0.39, 0.29) is 0 Å². The van der Waals surface area contributed by atoms with Gasteiger partial charge in [0.25, 0.3) is 0 Å². The van der Waals surface area contributed by atoms with E-state index in [1.807, 2.05) is 0 Å². The third kappa shape index (κ3) is 6.41. The molecule has 0 aromatic heterocycles. The van der Waals surface area contributed by atoms with E-state index in [2.05, 4.69) is 23.2 Å². The number of hydrogen-bond donors (Lipinski definition) is 0. The van der Waals surface area contributed by atoms with Crippen molar-refractivity contribution >= 4 is 0 Å². The fraction of sp³-hybridized carbons (Fsp3) is 0.0667. The summed E-state index contributed by atoms with van der Waals surface area (Å²) in [5, 5.41) is 0. The smallest absolute Gasteiger partial charge is 0.426 e. The lowest BCUT2D eigenvalue weighted by Crippen LogP contribution is -2.22. The standard InChI is InChI=1S/C30H17F7O2/c1-2-13-38-22-11-7-19(8-12-22)4-3-18-5-9-21(10-6-18)30(36,37)39-23-16-24(31)28(25(32)17-23)20-14-26(33)29(35)27(34)15-20/h2,5-12,14-17H,1,13H2. The minimum atomic E-state index is -4.00. The second-order valence-corrected chi connectivity index (χ2v) is 8.09. The molecule has 4 rings (SSSR count). The Labute approximate surface area is 218 Å². The molecular formula is C30H17F7O2. The number of ether oxygens (including phenoxy) is 2. The molecule has 4 aromatic carbocycles. The normalized spacial score (nSPS) is 10.9. The molecule has 198 valence electrons. The third-order valence-electron chi connectivity index (χ3n) is 5.33. The topological polar surface area (TPSA) is 18.5 Å². The summed E-state index contributed by atoms with van der Waals surface area (Å²) >= 11 is 0. The van der Waals surface area contributed by atoms with E-state index in [1.165, 1.54) is 12.1 Å². The molecule has 0 aliphatic heterocycles. The number of benzene rings is 4.